The lowest BCUT2D eigenvalue weighted by atomic mass is 9.81. The summed E-state index contributed by atoms with van der Waals surface area (Å²) in [5.74, 6) is 1.00. The Morgan fingerprint density at radius 1 is 1.18 bits per heavy atom. The van der Waals surface area contributed by atoms with Crippen LogP contribution >= 0.6 is 0 Å². The SMILES string of the molecule is COc1ccc2c(c1)CCCC2CC(=O)NCCc1ccc(C(F)(F)F)cc1. The summed E-state index contributed by atoms with van der Waals surface area (Å²) in [6.45, 7) is 0.409. The van der Waals surface area contributed by atoms with Gasteiger partial charge in [-0.3, -0.25) is 4.79 Å². The number of nitrogens with one attached hydrogen (secondary N) is 1. The van der Waals surface area contributed by atoms with E-state index in [0.717, 1.165) is 42.7 Å². The first-order valence-electron chi connectivity index (χ1n) is 9.46. The van der Waals surface area contributed by atoms with E-state index >= 15 is 0 Å². The zero-order valence-electron chi connectivity index (χ0n) is 15.8. The van der Waals surface area contributed by atoms with E-state index in [2.05, 4.69) is 5.32 Å². The number of benzene rings is 2. The fraction of sp³-hybridized carbons (Fsp3) is 0.409. The van der Waals surface area contributed by atoms with Crippen LogP contribution in [0.25, 0.3) is 0 Å². The maximum absolute atomic E-state index is 12.6. The maximum atomic E-state index is 12.6. The zero-order chi connectivity index (χ0) is 20.1. The topological polar surface area (TPSA) is 38.3 Å². The highest BCUT2D eigenvalue weighted by Crippen LogP contribution is 2.35. The molecular formula is C22H24F3NO2. The van der Waals surface area contributed by atoms with Crippen LogP contribution in [0.15, 0.2) is 42.5 Å². The summed E-state index contributed by atoms with van der Waals surface area (Å²) >= 11 is 0. The van der Waals surface area contributed by atoms with Gasteiger partial charge in [-0.15, -0.1) is 0 Å². The highest BCUT2D eigenvalue weighted by Gasteiger charge is 2.29. The second-order valence-corrected chi connectivity index (χ2v) is 7.15. The second kappa shape index (κ2) is 8.67. The molecule has 28 heavy (non-hydrogen) atoms. The van der Waals surface area contributed by atoms with Gasteiger partial charge in [0.1, 0.15) is 5.75 Å². The molecule has 1 N–H and O–H groups in total. The zero-order valence-corrected chi connectivity index (χ0v) is 15.8. The molecule has 1 atom stereocenters. The molecule has 3 nitrogen and oxygen atoms in total. The minimum Gasteiger partial charge on any atom is -0.497 e. The van der Waals surface area contributed by atoms with Gasteiger partial charge < -0.3 is 10.1 Å². The van der Waals surface area contributed by atoms with Crippen LogP contribution in [0.1, 0.15) is 47.4 Å². The Hall–Kier alpha value is -2.50. The molecule has 3 rings (SSSR count). The van der Waals surface area contributed by atoms with Crippen molar-refractivity contribution in [2.24, 2.45) is 0 Å². The van der Waals surface area contributed by atoms with Crippen LogP contribution < -0.4 is 10.1 Å². The van der Waals surface area contributed by atoms with E-state index in [0.29, 0.717) is 19.4 Å². The number of aryl methyl sites for hydroxylation is 1. The summed E-state index contributed by atoms with van der Waals surface area (Å²) in [5.41, 5.74) is 2.56. The summed E-state index contributed by atoms with van der Waals surface area (Å²) in [6.07, 6.45) is -0.379. The van der Waals surface area contributed by atoms with Crippen molar-refractivity contribution >= 4 is 5.91 Å². The molecule has 0 bridgehead atoms. The van der Waals surface area contributed by atoms with Gasteiger partial charge in [-0.1, -0.05) is 18.2 Å². The Kier molecular flexibility index (Phi) is 6.27. The fourth-order valence-corrected chi connectivity index (χ4v) is 3.73. The van der Waals surface area contributed by atoms with Crippen molar-refractivity contribution in [1.29, 1.82) is 0 Å². The minimum absolute atomic E-state index is 0.0272. The average Bonchev–Trinajstić information content (AvgIpc) is 2.67. The van der Waals surface area contributed by atoms with Crippen molar-refractivity contribution in [3.8, 4) is 5.75 Å². The molecule has 1 aliphatic carbocycles. The Morgan fingerprint density at radius 3 is 2.61 bits per heavy atom. The summed E-state index contributed by atoms with van der Waals surface area (Å²) in [6, 6.07) is 11.1. The Balaban J connectivity index is 1.50. The number of carbonyl (C=O) groups excluding carboxylic acids is 1. The van der Waals surface area contributed by atoms with E-state index in [1.165, 1.54) is 23.3 Å². The van der Waals surface area contributed by atoms with Crippen molar-refractivity contribution in [2.45, 2.75) is 44.2 Å². The van der Waals surface area contributed by atoms with Crippen molar-refractivity contribution < 1.29 is 22.7 Å². The van der Waals surface area contributed by atoms with E-state index in [4.69, 9.17) is 4.74 Å². The minimum atomic E-state index is -4.33. The highest BCUT2D eigenvalue weighted by molar-refractivity contribution is 5.77. The molecule has 0 saturated heterocycles. The monoisotopic (exact) mass is 391 g/mol. The third kappa shape index (κ3) is 5.06. The van der Waals surface area contributed by atoms with Crippen LogP contribution in [-0.4, -0.2) is 19.6 Å². The van der Waals surface area contributed by atoms with E-state index in [9.17, 15) is 18.0 Å². The van der Waals surface area contributed by atoms with Gasteiger partial charge in [0.25, 0.3) is 0 Å². The molecule has 0 heterocycles. The molecule has 1 aliphatic rings. The van der Waals surface area contributed by atoms with Crippen LogP contribution in [0.5, 0.6) is 5.75 Å². The summed E-state index contributed by atoms with van der Waals surface area (Å²) < 4.78 is 43.0. The van der Waals surface area contributed by atoms with Gasteiger partial charge in [-0.05, 0) is 72.6 Å². The maximum Gasteiger partial charge on any atom is 0.416 e. The second-order valence-electron chi connectivity index (χ2n) is 7.15. The first-order chi connectivity index (χ1) is 13.4. The van der Waals surface area contributed by atoms with Gasteiger partial charge in [0, 0.05) is 13.0 Å². The molecular weight excluding hydrogens is 367 g/mol. The largest absolute Gasteiger partial charge is 0.497 e. The first-order valence-corrected chi connectivity index (χ1v) is 9.46. The lowest BCUT2D eigenvalue weighted by molar-refractivity contribution is -0.137. The molecule has 0 radical (unpaired) electrons. The predicted molar refractivity (Wildman–Crippen MR) is 101 cm³/mol. The standard InChI is InChI=1S/C22H24F3NO2/c1-28-19-9-10-20-16(13-19)3-2-4-17(20)14-21(27)26-12-11-15-5-7-18(8-6-15)22(23,24)25/h5-10,13,17H,2-4,11-12,14H2,1H3,(H,26,27). The normalized spacial score (nSPS) is 16.4. The Labute approximate surface area is 162 Å². The number of hydrogen-bond donors (Lipinski definition) is 1. The number of carbonyl (C=O) groups is 1. The molecule has 1 unspecified atom stereocenters. The number of fused-ring (bicyclic) bond motifs is 1. The molecule has 0 saturated carbocycles. The number of halogens is 3. The van der Waals surface area contributed by atoms with Crippen LogP contribution in [0, 0.1) is 0 Å². The van der Waals surface area contributed by atoms with Crippen molar-refractivity contribution in [3.05, 3.63) is 64.7 Å². The number of rotatable bonds is 6. The number of alkyl halides is 3. The van der Waals surface area contributed by atoms with Crippen LogP contribution in [0.4, 0.5) is 13.2 Å². The van der Waals surface area contributed by atoms with Gasteiger partial charge in [0.05, 0.1) is 12.7 Å². The summed E-state index contributed by atoms with van der Waals surface area (Å²) in [4.78, 5) is 12.3. The molecule has 0 spiro atoms. The van der Waals surface area contributed by atoms with Crippen LogP contribution in [-0.2, 0) is 23.8 Å². The van der Waals surface area contributed by atoms with Gasteiger partial charge in [0.2, 0.25) is 5.91 Å². The van der Waals surface area contributed by atoms with E-state index < -0.39 is 11.7 Å². The first kappa shape index (κ1) is 20.2. The van der Waals surface area contributed by atoms with E-state index in [1.807, 2.05) is 18.2 Å². The van der Waals surface area contributed by atoms with E-state index in [1.54, 1.807) is 7.11 Å². The van der Waals surface area contributed by atoms with Crippen LogP contribution in [0.3, 0.4) is 0 Å². The van der Waals surface area contributed by atoms with Crippen molar-refractivity contribution in [1.82, 2.24) is 5.32 Å². The summed E-state index contributed by atoms with van der Waals surface area (Å²) in [7, 11) is 1.64. The lowest BCUT2D eigenvalue weighted by Crippen LogP contribution is -2.28. The molecule has 2 aromatic carbocycles. The highest BCUT2D eigenvalue weighted by atomic mass is 19.4. The molecule has 6 heteroatoms. The molecule has 150 valence electrons. The van der Waals surface area contributed by atoms with Crippen LogP contribution in [0.2, 0.25) is 0 Å². The Morgan fingerprint density at radius 2 is 1.93 bits per heavy atom. The van der Waals surface area contributed by atoms with Gasteiger partial charge >= 0.3 is 6.18 Å². The quantitative estimate of drug-likeness (QED) is 0.762. The number of hydrogen-bond acceptors (Lipinski definition) is 2. The molecule has 0 aromatic heterocycles. The number of ether oxygens (including phenoxy) is 1. The molecule has 2 aromatic rings. The summed E-state index contributed by atoms with van der Waals surface area (Å²) in [5, 5.41) is 2.89. The third-order valence-corrected chi connectivity index (χ3v) is 5.24. The lowest BCUT2D eigenvalue weighted by Gasteiger charge is -2.25. The van der Waals surface area contributed by atoms with E-state index in [-0.39, 0.29) is 11.8 Å². The van der Waals surface area contributed by atoms with Gasteiger partial charge in [-0.25, -0.2) is 0 Å². The fourth-order valence-electron chi connectivity index (χ4n) is 3.73. The number of methoxy groups -OCH3 is 1. The van der Waals surface area contributed by atoms with Crippen molar-refractivity contribution in [3.63, 3.8) is 0 Å². The Bertz CT molecular complexity index is 816. The molecule has 0 aliphatic heterocycles. The predicted octanol–water partition coefficient (Wildman–Crippen LogP) is 4.88. The molecule has 0 fully saturated rings. The number of amides is 1. The van der Waals surface area contributed by atoms with Crippen molar-refractivity contribution in [2.75, 3.05) is 13.7 Å². The smallest absolute Gasteiger partial charge is 0.416 e. The third-order valence-electron chi connectivity index (χ3n) is 5.24. The van der Waals surface area contributed by atoms with Gasteiger partial charge in [-0.2, -0.15) is 13.2 Å². The van der Waals surface area contributed by atoms with Gasteiger partial charge in [0.15, 0.2) is 0 Å². The molecule has 1 amide bonds. The average molecular weight is 391 g/mol.